The fourth-order valence-electron chi connectivity index (χ4n) is 7.78. The van der Waals surface area contributed by atoms with Crippen molar-refractivity contribution >= 4 is 66.3 Å². The van der Waals surface area contributed by atoms with Crippen molar-refractivity contribution in [3.8, 4) is 0 Å². The first-order valence-electron chi connectivity index (χ1n) is 20.4. The van der Waals surface area contributed by atoms with Crippen molar-refractivity contribution in [1.29, 1.82) is 0 Å². The molecule has 0 aromatic heterocycles. The maximum Gasteiger partial charge on any atom is 0.499 e. The number of allylic oxidation sites excluding steroid dienone is 2. The number of carbonyl (C=O) groups is 2. The number of halogens is 4. The van der Waals surface area contributed by atoms with Crippen molar-refractivity contribution in [2.45, 2.75) is 46.7 Å². The van der Waals surface area contributed by atoms with Crippen molar-refractivity contribution in [2.24, 2.45) is 0 Å². The molecule has 0 bridgehead atoms. The molecule has 0 spiro atoms. The minimum Gasteiger partial charge on any atom is -0.382 e. The molecule has 0 radical (unpaired) electrons. The van der Waals surface area contributed by atoms with Gasteiger partial charge in [-0.15, -0.1) is 11.8 Å². The third kappa shape index (κ3) is 11.5. The number of nitrogens with zero attached hydrogens (tertiary/aromatic N) is 4. The largest absolute Gasteiger partial charge is 0.499 e. The van der Waals surface area contributed by atoms with Crippen molar-refractivity contribution in [3.63, 3.8) is 0 Å². The normalized spacial score (nSPS) is 19.5. The van der Waals surface area contributed by atoms with E-state index in [4.69, 9.17) is 11.6 Å². The van der Waals surface area contributed by atoms with E-state index in [2.05, 4.69) is 15.1 Å². The van der Waals surface area contributed by atoms with E-state index >= 15 is 0 Å². The highest BCUT2D eigenvalue weighted by molar-refractivity contribution is 8.10. The van der Waals surface area contributed by atoms with E-state index < -0.39 is 41.8 Å². The predicted octanol–water partition coefficient (Wildman–Crippen LogP) is 6.40. The van der Waals surface area contributed by atoms with Gasteiger partial charge in [-0.05, 0) is 111 Å². The second-order valence-electron chi connectivity index (χ2n) is 16.0. The van der Waals surface area contributed by atoms with E-state index in [1.54, 1.807) is 35.5 Å². The van der Waals surface area contributed by atoms with Crippen LogP contribution in [-0.2, 0) is 24.7 Å². The summed E-state index contributed by atoms with van der Waals surface area (Å²) in [6.07, 6.45) is 2.90. The van der Waals surface area contributed by atoms with Crippen LogP contribution in [0.4, 0.5) is 18.9 Å². The average molecular weight is 950 g/mol. The molecule has 19 heteroatoms. The van der Waals surface area contributed by atoms with E-state index in [0.29, 0.717) is 75.6 Å². The van der Waals surface area contributed by atoms with Crippen LogP contribution < -0.4 is 14.9 Å². The number of anilines is 1. The molecule has 6 rings (SSSR count). The molecule has 3 aliphatic rings. The number of sulfone groups is 1. The lowest BCUT2D eigenvalue weighted by molar-refractivity contribution is -0.128. The quantitative estimate of drug-likeness (QED) is 0.154. The van der Waals surface area contributed by atoms with Crippen LogP contribution in [0.1, 0.15) is 42.1 Å². The molecule has 2 amide bonds. The minimum absolute atomic E-state index is 0.0205. The van der Waals surface area contributed by atoms with E-state index in [1.807, 2.05) is 78.5 Å². The van der Waals surface area contributed by atoms with Crippen molar-refractivity contribution in [1.82, 2.24) is 24.7 Å². The molecule has 3 aromatic rings. The Kier molecular flexibility index (Phi) is 15.5. The number of alkyl halides is 3. The Morgan fingerprint density at radius 3 is 2.17 bits per heavy atom. The number of rotatable bonds is 16. The summed E-state index contributed by atoms with van der Waals surface area (Å²) in [5.41, 5.74) is -1.71. The zero-order valence-electron chi connectivity index (χ0n) is 35.3. The standard InChI is InChI=1S/C44H52ClF3N6O6S3/c1-32(55)54-24-20-41(33-9-13-36(45)14-10-33)35(30-54)29-52-25-27-53(28-26-52)39-15-11-34(12-16-39)42(56)50-63(59,60)43(62(57,58)44(46,47)48)21-17-37(18-22-43)49-38(19-23-51(2)3)31-61-40-7-5-4-6-8-40/h4-18,21,38,49H,19-20,22-31H2,1-3H3,(H,50,56)/t38-,43?/m1/s1. The number of thioether (sulfide) groups is 1. The van der Waals surface area contributed by atoms with E-state index in [-0.39, 0.29) is 23.2 Å². The van der Waals surface area contributed by atoms with Crippen LogP contribution >= 0.6 is 23.4 Å². The minimum atomic E-state index is -6.44. The van der Waals surface area contributed by atoms with Crippen LogP contribution in [0.5, 0.6) is 0 Å². The van der Waals surface area contributed by atoms with Crippen LogP contribution in [-0.4, -0.2) is 131 Å². The fraction of sp³-hybridized carbons (Fsp3) is 0.409. The number of nitrogens with one attached hydrogen (secondary N) is 2. The summed E-state index contributed by atoms with van der Waals surface area (Å²) in [6.45, 7) is 6.71. The Hall–Kier alpha value is -4.33. The highest BCUT2D eigenvalue weighted by Gasteiger charge is 2.65. The molecule has 2 N–H and O–H groups in total. The number of benzene rings is 3. The van der Waals surface area contributed by atoms with Crippen molar-refractivity contribution < 1.29 is 39.6 Å². The first kappa shape index (κ1) is 48.1. The van der Waals surface area contributed by atoms with E-state index in [1.165, 1.54) is 17.7 Å². The lowest BCUT2D eigenvalue weighted by Gasteiger charge is -2.38. The molecular formula is C44H52ClF3N6O6S3. The predicted molar refractivity (Wildman–Crippen MR) is 244 cm³/mol. The molecule has 1 saturated heterocycles. The summed E-state index contributed by atoms with van der Waals surface area (Å²) in [6, 6.07) is 23.0. The Balaban J connectivity index is 1.11. The molecule has 63 heavy (non-hydrogen) atoms. The zero-order valence-corrected chi connectivity index (χ0v) is 38.5. The molecule has 2 heterocycles. The summed E-state index contributed by atoms with van der Waals surface area (Å²) in [5.74, 6) is -0.693. The summed E-state index contributed by atoms with van der Waals surface area (Å²) in [5, 5.41) is 3.88. The first-order valence-corrected chi connectivity index (χ1v) is 24.8. The van der Waals surface area contributed by atoms with Crippen LogP contribution in [0.3, 0.4) is 0 Å². The molecular weight excluding hydrogens is 897 g/mol. The van der Waals surface area contributed by atoms with Gasteiger partial charge in [-0.2, -0.15) is 13.2 Å². The summed E-state index contributed by atoms with van der Waals surface area (Å²) in [7, 11) is -8.20. The van der Waals surface area contributed by atoms with Gasteiger partial charge in [0.2, 0.25) is 9.99 Å². The SMILES string of the molecule is CC(=O)N1CCC(c2ccc(Cl)cc2)=C(CN2CCN(c3ccc(C(=O)NS(=O)(=O)C4(S(=O)(=O)C(F)(F)F)C=CC(N[C@H](CCN(C)C)CSc5ccccc5)=CC4)cc3)CC2)C1. The topological polar surface area (TPSA) is 139 Å². The van der Waals surface area contributed by atoms with Gasteiger partial charge in [0.15, 0.2) is 0 Å². The van der Waals surface area contributed by atoms with Gasteiger partial charge in [-0.25, -0.2) is 21.6 Å². The molecule has 340 valence electrons. The molecule has 2 aliphatic heterocycles. The molecule has 1 aliphatic carbocycles. The molecule has 0 saturated carbocycles. The molecule has 1 unspecified atom stereocenters. The van der Waals surface area contributed by atoms with Gasteiger partial charge < -0.3 is 20.0 Å². The van der Waals surface area contributed by atoms with Crippen molar-refractivity contribution in [3.05, 3.63) is 125 Å². The lowest BCUT2D eigenvalue weighted by atomic mass is 9.92. The first-order chi connectivity index (χ1) is 29.8. The van der Waals surface area contributed by atoms with Gasteiger partial charge in [0.05, 0.1) is 0 Å². The molecule has 2 atom stereocenters. The Morgan fingerprint density at radius 1 is 0.921 bits per heavy atom. The van der Waals surface area contributed by atoms with Gasteiger partial charge in [0.25, 0.3) is 25.8 Å². The van der Waals surface area contributed by atoms with E-state index in [0.717, 1.165) is 40.3 Å². The number of carbonyl (C=O) groups excluding carboxylic acids is 2. The summed E-state index contributed by atoms with van der Waals surface area (Å²) >= 11 is 7.71. The van der Waals surface area contributed by atoms with Crippen LogP contribution in [0.15, 0.2) is 113 Å². The number of sulfonamides is 1. The van der Waals surface area contributed by atoms with Gasteiger partial charge in [0.1, 0.15) is 0 Å². The van der Waals surface area contributed by atoms with Crippen LogP contribution in [0.2, 0.25) is 5.02 Å². The lowest BCUT2D eigenvalue weighted by Crippen LogP contribution is -2.56. The maximum absolute atomic E-state index is 14.2. The second kappa shape index (κ2) is 20.2. The monoisotopic (exact) mass is 948 g/mol. The van der Waals surface area contributed by atoms with Gasteiger partial charge in [-0.1, -0.05) is 48.0 Å². The third-order valence-electron chi connectivity index (χ3n) is 11.4. The number of piperazine rings is 1. The number of amides is 2. The Labute approximate surface area is 377 Å². The molecule has 3 aromatic carbocycles. The Bertz CT molecular complexity index is 2430. The molecule has 12 nitrogen and oxygen atoms in total. The Morgan fingerprint density at radius 2 is 1.59 bits per heavy atom. The third-order valence-corrected chi connectivity index (χ3v) is 17.6. The number of hydrogen-bond donors (Lipinski definition) is 2. The number of hydrogen-bond acceptors (Lipinski definition) is 11. The smallest absolute Gasteiger partial charge is 0.382 e. The zero-order chi connectivity index (χ0) is 45.6. The highest BCUT2D eigenvalue weighted by atomic mass is 35.5. The highest BCUT2D eigenvalue weighted by Crippen LogP contribution is 2.43. The van der Waals surface area contributed by atoms with E-state index in [9.17, 15) is 39.6 Å². The fourth-order valence-corrected chi connectivity index (χ4v) is 12.5. The van der Waals surface area contributed by atoms with Crippen molar-refractivity contribution in [2.75, 3.05) is 77.1 Å². The summed E-state index contributed by atoms with van der Waals surface area (Å²) in [4.78, 5) is 34.9. The summed E-state index contributed by atoms with van der Waals surface area (Å²) < 4.78 is 94.8. The molecule has 1 fully saturated rings. The van der Waals surface area contributed by atoms with Gasteiger partial charge in [-0.3, -0.25) is 14.5 Å². The van der Waals surface area contributed by atoms with Gasteiger partial charge >= 0.3 is 5.51 Å². The van der Waals surface area contributed by atoms with Gasteiger partial charge in [0, 0.05) is 97.8 Å². The second-order valence-corrected chi connectivity index (χ2v) is 22.0. The average Bonchev–Trinajstić information content (AvgIpc) is 3.25. The maximum atomic E-state index is 14.2. The van der Waals surface area contributed by atoms with Crippen LogP contribution in [0, 0.1) is 0 Å². The van der Waals surface area contributed by atoms with Crippen LogP contribution in [0.25, 0.3) is 5.57 Å².